The molecule has 1 aromatic rings. The van der Waals surface area contributed by atoms with Gasteiger partial charge in [0.25, 0.3) is 0 Å². The molecular formula is C15H18ClN7O. The van der Waals surface area contributed by atoms with Crippen LogP contribution in [0.5, 0.6) is 0 Å². The first-order chi connectivity index (χ1) is 11.4. The van der Waals surface area contributed by atoms with Crippen molar-refractivity contribution in [3.63, 3.8) is 0 Å². The topological polar surface area (TPSA) is 122 Å². The maximum absolute atomic E-state index is 11.4. The molecule has 0 bridgehead atoms. The van der Waals surface area contributed by atoms with Crippen LogP contribution in [-0.4, -0.2) is 48.5 Å². The molecule has 9 heteroatoms. The number of benzene rings is 1. The minimum Gasteiger partial charge on any atom is -0.382 e. The van der Waals surface area contributed by atoms with Crippen molar-refractivity contribution >= 4 is 40.4 Å². The SMILES string of the molecule is CC(=O)N1CCN(c2ccc(N/N=C(\C#N)C(=N)N)cc2Cl)CC1. The van der Waals surface area contributed by atoms with Gasteiger partial charge < -0.3 is 15.5 Å². The first-order valence-corrected chi connectivity index (χ1v) is 7.68. The number of amides is 1. The van der Waals surface area contributed by atoms with Crippen LogP contribution in [0.2, 0.25) is 5.02 Å². The highest BCUT2D eigenvalue weighted by Crippen LogP contribution is 2.29. The lowest BCUT2D eigenvalue weighted by Gasteiger charge is -2.36. The van der Waals surface area contributed by atoms with Crippen LogP contribution in [0.3, 0.4) is 0 Å². The second kappa shape index (κ2) is 7.66. The summed E-state index contributed by atoms with van der Waals surface area (Å²) in [5, 5.41) is 20.3. The number of carbonyl (C=O) groups excluding carboxylic acids is 1. The Labute approximate surface area is 145 Å². The molecule has 1 aliphatic heterocycles. The van der Waals surface area contributed by atoms with Crippen LogP contribution < -0.4 is 16.1 Å². The minimum absolute atomic E-state index is 0.0805. The lowest BCUT2D eigenvalue weighted by Crippen LogP contribution is -2.48. The van der Waals surface area contributed by atoms with E-state index < -0.39 is 5.84 Å². The summed E-state index contributed by atoms with van der Waals surface area (Å²) < 4.78 is 0. The van der Waals surface area contributed by atoms with Gasteiger partial charge in [0.1, 0.15) is 6.07 Å². The Morgan fingerprint density at radius 3 is 2.58 bits per heavy atom. The summed E-state index contributed by atoms with van der Waals surface area (Å²) in [6.07, 6.45) is 0. The van der Waals surface area contributed by atoms with Crippen LogP contribution in [0.25, 0.3) is 0 Å². The van der Waals surface area contributed by atoms with E-state index in [4.69, 9.17) is 28.0 Å². The largest absolute Gasteiger partial charge is 0.382 e. The Morgan fingerprint density at radius 2 is 2.08 bits per heavy atom. The Morgan fingerprint density at radius 1 is 1.42 bits per heavy atom. The van der Waals surface area contributed by atoms with Gasteiger partial charge >= 0.3 is 0 Å². The average Bonchev–Trinajstić information content (AvgIpc) is 2.55. The fourth-order valence-electron chi connectivity index (χ4n) is 2.36. The van der Waals surface area contributed by atoms with Crippen LogP contribution in [0.15, 0.2) is 23.3 Å². The van der Waals surface area contributed by atoms with Crippen LogP contribution in [0.1, 0.15) is 6.92 Å². The van der Waals surface area contributed by atoms with Gasteiger partial charge in [-0.1, -0.05) is 11.6 Å². The molecule has 0 aliphatic carbocycles. The number of nitrogens with one attached hydrogen (secondary N) is 2. The number of nitriles is 1. The maximum Gasteiger partial charge on any atom is 0.219 e. The molecule has 0 spiro atoms. The van der Waals surface area contributed by atoms with Gasteiger partial charge in [0, 0.05) is 33.1 Å². The molecule has 0 unspecified atom stereocenters. The van der Waals surface area contributed by atoms with E-state index in [0.29, 0.717) is 36.9 Å². The fraction of sp³-hybridized carbons (Fsp3) is 0.333. The van der Waals surface area contributed by atoms with Gasteiger partial charge in [-0.25, -0.2) is 0 Å². The molecule has 1 aromatic carbocycles. The predicted octanol–water partition coefficient (Wildman–Crippen LogP) is 1.24. The zero-order chi connectivity index (χ0) is 17.7. The molecule has 24 heavy (non-hydrogen) atoms. The van der Waals surface area contributed by atoms with Gasteiger partial charge in [-0.2, -0.15) is 10.4 Å². The van der Waals surface area contributed by atoms with Crippen LogP contribution >= 0.6 is 11.6 Å². The molecule has 0 radical (unpaired) electrons. The predicted molar refractivity (Wildman–Crippen MR) is 94.5 cm³/mol. The number of halogens is 1. The van der Waals surface area contributed by atoms with Crippen molar-refractivity contribution < 1.29 is 4.79 Å². The standard InChI is InChI=1S/C15H18ClN7O/c1-10(24)22-4-6-23(7-5-22)14-3-2-11(8-12(14)16)20-21-13(9-17)15(18)19/h2-3,8,20H,4-7H2,1H3,(H3,18,19)/b21-13+. The Bertz CT molecular complexity index is 717. The van der Waals surface area contributed by atoms with E-state index >= 15 is 0 Å². The van der Waals surface area contributed by atoms with E-state index in [0.717, 1.165) is 5.69 Å². The van der Waals surface area contributed by atoms with Crippen LogP contribution in [0.4, 0.5) is 11.4 Å². The number of amidine groups is 1. The number of hydrogen-bond donors (Lipinski definition) is 3. The van der Waals surface area contributed by atoms with Crippen molar-refractivity contribution in [1.82, 2.24) is 4.90 Å². The summed E-state index contributed by atoms with van der Waals surface area (Å²) in [5.41, 5.74) is 9.14. The number of rotatable bonds is 4. The minimum atomic E-state index is -0.406. The average molecular weight is 348 g/mol. The van der Waals surface area contributed by atoms with E-state index in [1.165, 1.54) is 0 Å². The third-order valence-corrected chi connectivity index (χ3v) is 3.97. The molecule has 2 rings (SSSR count). The number of nitrogens with zero attached hydrogens (tertiary/aromatic N) is 4. The molecule has 8 nitrogen and oxygen atoms in total. The monoisotopic (exact) mass is 347 g/mol. The number of anilines is 2. The Hall–Kier alpha value is -2.79. The number of hydrazone groups is 1. The van der Waals surface area contributed by atoms with Gasteiger partial charge in [-0.15, -0.1) is 0 Å². The zero-order valence-corrected chi connectivity index (χ0v) is 14.0. The highest BCUT2D eigenvalue weighted by atomic mass is 35.5. The first kappa shape index (κ1) is 17.6. The smallest absolute Gasteiger partial charge is 0.219 e. The number of piperazine rings is 1. The van der Waals surface area contributed by atoms with Crippen molar-refractivity contribution in [3.8, 4) is 6.07 Å². The highest BCUT2D eigenvalue weighted by molar-refractivity contribution is 6.45. The first-order valence-electron chi connectivity index (χ1n) is 7.30. The van der Waals surface area contributed by atoms with Gasteiger partial charge in [0.2, 0.25) is 11.6 Å². The summed E-state index contributed by atoms with van der Waals surface area (Å²) in [4.78, 5) is 15.3. The molecule has 0 saturated carbocycles. The molecule has 1 saturated heterocycles. The summed E-state index contributed by atoms with van der Waals surface area (Å²) in [6.45, 7) is 4.33. The second-order valence-corrected chi connectivity index (χ2v) is 5.66. The molecule has 1 aliphatic rings. The summed E-state index contributed by atoms with van der Waals surface area (Å²) in [5.74, 6) is -0.326. The van der Waals surface area contributed by atoms with E-state index in [-0.39, 0.29) is 11.6 Å². The van der Waals surface area contributed by atoms with E-state index in [1.54, 1.807) is 30.0 Å². The lowest BCUT2D eigenvalue weighted by atomic mass is 10.2. The number of hydrogen-bond acceptors (Lipinski definition) is 6. The highest BCUT2D eigenvalue weighted by Gasteiger charge is 2.20. The van der Waals surface area contributed by atoms with E-state index in [2.05, 4.69) is 15.4 Å². The molecule has 126 valence electrons. The zero-order valence-electron chi connectivity index (χ0n) is 13.2. The number of nitrogens with two attached hydrogens (primary N) is 1. The Kier molecular flexibility index (Phi) is 5.60. The lowest BCUT2D eigenvalue weighted by molar-refractivity contribution is -0.129. The second-order valence-electron chi connectivity index (χ2n) is 5.26. The fourth-order valence-corrected chi connectivity index (χ4v) is 2.66. The molecular weight excluding hydrogens is 330 g/mol. The summed E-state index contributed by atoms with van der Waals surface area (Å²) >= 11 is 6.33. The molecule has 0 aromatic heterocycles. The van der Waals surface area contributed by atoms with Crippen molar-refractivity contribution in [2.24, 2.45) is 10.8 Å². The van der Waals surface area contributed by atoms with Gasteiger partial charge in [0.05, 0.1) is 16.4 Å². The summed E-state index contributed by atoms with van der Waals surface area (Å²) in [7, 11) is 0. The van der Waals surface area contributed by atoms with Gasteiger partial charge in [-0.3, -0.25) is 15.6 Å². The Balaban J connectivity index is 2.07. The molecule has 1 amide bonds. The maximum atomic E-state index is 11.4. The van der Waals surface area contributed by atoms with E-state index in [1.807, 2.05) is 6.07 Å². The van der Waals surface area contributed by atoms with Gasteiger partial charge in [-0.05, 0) is 18.2 Å². The quantitative estimate of drug-likeness (QED) is 0.429. The van der Waals surface area contributed by atoms with Gasteiger partial charge in [0.15, 0.2) is 5.84 Å². The van der Waals surface area contributed by atoms with E-state index in [9.17, 15) is 4.79 Å². The molecule has 4 N–H and O–H groups in total. The van der Waals surface area contributed by atoms with Crippen molar-refractivity contribution in [1.29, 1.82) is 10.7 Å². The van der Waals surface area contributed by atoms with Crippen molar-refractivity contribution in [2.75, 3.05) is 36.5 Å². The van der Waals surface area contributed by atoms with Crippen molar-refractivity contribution in [3.05, 3.63) is 23.2 Å². The molecule has 1 fully saturated rings. The third kappa shape index (κ3) is 4.14. The number of carbonyl (C=O) groups is 1. The molecule has 1 heterocycles. The van der Waals surface area contributed by atoms with Crippen molar-refractivity contribution in [2.45, 2.75) is 6.92 Å². The van der Waals surface area contributed by atoms with Crippen LogP contribution in [-0.2, 0) is 4.79 Å². The molecule has 0 atom stereocenters. The van der Waals surface area contributed by atoms with Crippen LogP contribution in [0, 0.1) is 16.7 Å². The third-order valence-electron chi connectivity index (χ3n) is 3.67. The normalized spacial score (nSPS) is 15.0. The summed E-state index contributed by atoms with van der Waals surface area (Å²) in [6, 6.07) is 7.04.